The van der Waals surface area contributed by atoms with E-state index in [0.29, 0.717) is 5.56 Å². The Morgan fingerprint density at radius 1 is 1.47 bits per heavy atom. The van der Waals surface area contributed by atoms with Crippen molar-refractivity contribution in [2.45, 2.75) is 26.3 Å². The highest BCUT2D eigenvalue weighted by atomic mass is 19.1. The summed E-state index contributed by atoms with van der Waals surface area (Å²) in [5.41, 5.74) is 1.23. The van der Waals surface area contributed by atoms with Gasteiger partial charge in [-0.25, -0.2) is 4.39 Å². The Labute approximate surface area is 98.5 Å². The molecule has 2 N–H and O–H groups in total. The molecule has 0 bridgehead atoms. The Balaban J connectivity index is 3.06. The van der Waals surface area contributed by atoms with E-state index in [0.717, 1.165) is 5.56 Å². The second-order valence-corrected chi connectivity index (χ2v) is 3.85. The predicted octanol–water partition coefficient (Wildman–Crippen LogP) is 1.79. The second-order valence-electron chi connectivity index (χ2n) is 3.85. The zero-order valence-corrected chi connectivity index (χ0v) is 9.66. The average Bonchev–Trinajstić information content (AvgIpc) is 2.19. The molecule has 92 valence electrons. The number of halogens is 1. The van der Waals surface area contributed by atoms with Crippen molar-refractivity contribution in [1.29, 1.82) is 0 Å². The summed E-state index contributed by atoms with van der Waals surface area (Å²) in [6.07, 6.45) is -0.274. The first-order valence-corrected chi connectivity index (χ1v) is 5.15. The lowest BCUT2D eigenvalue weighted by Crippen LogP contribution is -2.28. The number of aliphatic carboxylic acids is 1. The molecule has 1 unspecified atom stereocenters. The van der Waals surface area contributed by atoms with E-state index in [1.165, 1.54) is 19.1 Å². The van der Waals surface area contributed by atoms with Gasteiger partial charge in [0.25, 0.3) is 0 Å². The highest BCUT2D eigenvalue weighted by molar-refractivity contribution is 5.75. The van der Waals surface area contributed by atoms with Gasteiger partial charge in [-0.15, -0.1) is 0 Å². The Hall–Kier alpha value is -1.91. The normalized spacial score (nSPS) is 11.9. The number of carboxylic acids is 1. The molecular weight excluding hydrogens is 225 g/mol. The van der Waals surface area contributed by atoms with Gasteiger partial charge in [0.15, 0.2) is 0 Å². The standard InChI is InChI=1S/C12H14FNO3/c1-7-3-4-9(13)5-10(7)11(6-12(16)17)14-8(2)15/h3-5,11H,6H2,1-2H3,(H,14,15)(H,16,17). The number of carboxylic acid groups (broad SMARTS) is 1. The third-order valence-corrected chi connectivity index (χ3v) is 2.37. The molecule has 0 aromatic heterocycles. The molecule has 0 heterocycles. The van der Waals surface area contributed by atoms with Crippen LogP contribution in [0.3, 0.4) is 0 Å². The van der Waals surface area contributed by atoms with Crippen LogP contribution in [0, 0.1) is 12.7 Å². The average molecular weight is 239 g/mol. The van der Waals surface area contributed by atoms with Gasteiger partial charge in [0.05, 0.1) is 12.5 Å². The molecule has 0 aliphatic carbocycles. The Morgan fingerprint density at radius 3 is 2.65 bits per heavy atom. The Morgan fingerprint density at radius 2 is 2.12 bits per heavy atom. The van der Waals surface area contributed by atoms with Crippen molar-refractivity contribution in [3.8, 4) is 0 Å². The molecule has 0 spiro atoms. The van der Waals surface area contributed by atoms with Crippen LogP contribution in [0.15, 0.2) is 18.2 Å². The maximum atomic E-state index is 13.1. The van der Waals surface area contributed by atoms with Crippen LogP contribution in [-0.4, -0.2) is 17.0 Å². The lowest BCUT2D eigenvalue weighted by atomic mass is 9.98. The molecule has 0 fully saturated rings. The number of hydrogen-bond acceptors (Lipinski definition) is 2. The molecule has 0 saturated carbocycles. The summed E-state index contributed by atoms with van der Waals surface area (Å²) in [6, 6.07) is 3.39. The summed E-state index contributed by atoms with van der Waals surface area (Å²) in [5, 5.41) is 11.3. The van der Waals surface area contributed by atoms with Gasteiger partial charge < -0.3 is 10.4 Å². The first-order valence-electron chi connectivity index (χ1n) is 5.15. The van der Waals surface area contributed by atoms with Crippen molar-refractivity contribution >= 4 is 11.9 Å². The Kier molecular flexibility index (Phi) is 4.20. The number of rotatable bonds is 4. The summed E-state index contributed by atoms with van der Waals surface area (Å²) >= 11 is 0. The monoisotopic (exact) mass is 239 g/mol. The van der Waals surface area contributed by atoms with E-state index in [1.54, 1.807) is 13.0 Å². The summed E-state index contributed by atoms with van der Waals surface area (Å²) in [5.74, 6) is -1.85. The minimum absolute atomic E-state index is 0.274. The van der Waals surface area contributed by atoms with Crippen LogP contribution in [-0.2, 0) is 9.59 Å². The molecule has 17 heavy (non-hydrogen) atoms. The third-order valence-electron chi connectivity index (χ3n) is 2.37. The Bertz CT molecular complexity index is 429. The fraction of sp³-hybridized carbons (Fsp3) is 0.333. The van der Waals surface area contributed by atoms with Crippen LogP contribution in [0.5, 0.6) is 0 Å². The summed E-state index contributed by atoms with van der Waals surface area (Å²) in [7, 11) is 0. The molecule has 1 rings (SSSR count). The van der Waals surface area contributed by atoms with Gasteiger partial charge in [0.2, 0.25) is 5.91 Å². The molecule has 1 amide bonds. The van der Waals surface area contributed by atoms with Crippen LogP contribution in [0.25, 0.3) is 0 Å². The molecule has 0 saturated heterocycles. The van der Waals surface area contributed by atoms with Gasteiger partial charge in [0.1, 0.15) is 5.82 Å². The third kappa shape index (κ3) is 3.86. The van der Waals surface area contributed by atoms with Gasteiger partial charge >= 0.3 is 5.97 Å². The van der Waals surface area contributed by atoms with E-state index < -0.39 is 17.8 Å². The molecule has 4 nitrogen and oxygen atoms in total. The zero-order chi connectivity index (χ0) is 13.0. The molecular formula is C12H14FNO3. The summed E-state index contributed by atoms with van der Waals surface area (Å²) in [4.78, 5) is 21.7. The molecule has 5 heteroatoms. The number of amides is 1. The highest BCUT2D eigenvalue weighted by Crippen LogP contribution is 2.21. The molecule has 0 aliphatic heterocycles. The van der Waals surface area contributed by atoms with Gasteiger partial charge in [-0.05, 0) is 30.2 Å². The van der Waals surface area contributed by atoms with Crippen molar-refractivity contribution in [3.63, 3.8) is 0 Å². The number of aryl methyl sites for hydroxylation is 1. The summed E-state index contributed by atoms with van der Waals surface area (Å²) < 4.78 is 13.1. The van der Waals surface area contributed by atoms with Crippen LogP contribution < -0.4 is 5.32 Å². The van der Waals surface area contributed by atoms with E-state index in [-0.39, 0.29) is 12.3 Å². The highest BCUT2D eigenvalue weighted by Gasteiger charge is 2.18. The molecule has 1 aromatic carbocycles. The van der Waals surface area contributed by atoms with Crippen LogP contribution >= 0.6 is 0 Å². The first-order chi connectivity index (χ1) is 7.90. The number of benzene rings is 1. The lowest BCUT2D eigenvalue weighted by Gasteiger charge is -2.18. The quantitative estimate of drug-likeness (QED) is 0.841. The van der Waals surface area contributed by atoms with Gasteiger partial charge in [-0.2, -0.15) is 0 Å². The zero-order valence-electron chi connectivity index (χ0n) is 9.66. The van der Waals surface area contributed by atoms with E-state index in [2.05, 4.69) is 5.32 Å². The minimum atomic E-state index is -1.05. The van der Waals surface area contributed by atoms with Gasteiger partial charge in [-0.1, -0.05) is 6.07 Å². The van der Waals surface area contributed by atoms with Crippen LogP contribution in [0.4, 0.5) is 4.39 Å². The van der Waals surface area contributed by atoms with Crippen molar-refractivity contribution in [1.82, 2.24) is 5.32 Å². The van der Waals surface area contributed by atoms with E-state index in [9.17, 15) is 14.0 Å². The predicted molar refractivity (Wildman–Crippen MR) is 59.9 cm³/mol. The molecule has 1 aromatic rings. The fourth-order valence-electron chi connectivity index (χ4n) is 1.65. The van der Waals surface area contributed by atoms with Gasteiger partial charge in [0, 0.05) is 6.92 Å². The van der Waals surface area contributed by atoms with E-state index >= 15 is 0 Å². The lowest BCUT2D eigenvalue weighted by molar-refractivity contribution is -0.137. The van der Waals surface area contributed by atoms with Crippen LogP contribution in [0.2, 0.25) is 0 Å². The largest absolute Gasteiger partial charge is 0.481 e. The van der Waals surface area contributed by atoms with Crippen molar-refractivity contribution in [2.75, 3.05) is 0 Å². The fourth-order valence-corrected chi connectivity index (χ4v) is 1.65. The number of carbonyl (C=O) groups excluding carboxylic acids is 1. The van der Waals surface area contributed by atoms with Crippen molar-refractivity contribution in [3.05, 3.63) is 35.1 Å². The molecule has 0 aliphatic rings. The topological polar surface area (TPSA) is 66.4 Å². The number of carbonyl (C=O) groups is 2. The smallest absolute Gasteiger partial charge is 0.305 e. The maximum absolute atomic E-state index is 13.1. The molecule has 1 atom stereocenters. The van der Waals surface area contributed by atoms with E-state index in [1.807, 2.05) is 0 Å². The van der Waals surface area contributed by atoms with Crippen molar-refractivity contribution in [2.24, 2.45) is 0 Å². The number of hydrogen-bond donors (Lipinski definition) is 2. The molecule has 0 radical (unpaired) electrons. The minimum Gasteiger partial charge on any atom is -0.481 e. The van der Waals surface area contributed by atoms with E-state index in [4.69, 9.17) is 5.11 Å². The second kappa shape index (κ2) is 5.43. The van der Waals surface area contributed by atoms with Gasteiger partial charge in [-0.3, -0.25) is 9.59 Å². The maximum Gasteiger partial charge on any atom is 0.305 e. The van der Waals surface area contributed by atoms with Crippen molar-refractivity contribution < 1.29 is 19.1 Å². The first kappa shape index (κ1) is 13.2. The summed E-state index contributed by atoms with van der Waals surface area (Å²) in [6.45, 7) is 3.04. The number of nitrogens with one attached hydrogen (secondary N) is 1. The van der Waals surface area contributed by atoms with Crippen LogP contribution in [0.1, 0.15) is 30.5 Å². The SMILES string of the molecule is CC(=O)NC(CC(=O)O)c1cc(F)ccc1C.